The Morgan fingerprint density at radius 3 is 2.17 bits per heavy atom. The molecule has 0 aliphatic heterocycles. The first-order chi connectivity index (χ1) is 10.8. The predicted octanol–water partition coefficient (Wildman–Crippen LogP) is 5.14. The van der Waals surface area contributed by atoms with E-state index in [0.717, 1.165) is 11.1 Å². The van der Waals surface area contributed by atoms with Gasteiger partial charge in [0.25, 0.3) is 0 Å². The quantitative estimate of drug-likeness (QED) is 0.577. The second kappa shape index (κ2) is 6.99. The minimum absolute atomic E-state index is 0.0570. The summed E-state index contributed by atoms with van der Waals surface area (Å²) >= 11 is 0. The van der Waals surface area contributed by atoms with E-state index in [-0.39, 0.29) is 11.4 Å². The Morgan fingerprint density at radius 2 is 1.57 bits per heavy atom. The molecule has 2 aromatic carbocycles. The first-order valence-electron chi connectivity index (χ1n) is 8.13. The van der Waals surface area contributed by atoms with E-state index in [1.54, 1.807) is 0 Å². The molecule has 0 saturated carbocycles. The summed E-state index contributed by atoms with van der Waals surface area (Å²) in [5.74, 6) is 0.497. The molecular weight excluding hydrogens is 284 g/mol. The molecule has 0 saturated heterocycles. The smallest absolute Gasteiger partial charge is 0.311 e. The van der Waals surface area contributed by atoms with Crippen LogP contribution in [0.25, 0.3) is 0 Å². The Bertz CT molecular complexity index is 676. The summed E-state index contributed by atoms with van der Waals surface area (Å²) in [4.78, 5) is 12.2. The van der Waals surface area contributed by atoms with Gasteiger partial charge in [0, 0.05) is 12.0 Å². The zero-order valence-corrected chi connectivity index (χ0v) is 14.8. The first kappa shape index (κ1) is 17.3. The molecule has 0 unspecified atom stereocenters. The molecule has 0 N–H and O–H groups in total. The monoisotopic (exact) mass is 310 g/mol. The number of rotatable bonds is 4. The van der Waals surface area contributed by atoms with E-state index in [0.29, 0.717) is 18.6 Å². The van der Waals surface area contributed by atoms with Crippen molar-refractivity contribution in [3.63, 3.8) is 0 Å². The van der Waals surface area contributed by atoms with Gasteiger partial charge in [-0.05, 0) is 37.3 Å². The molecular formula is C21H26O2. The largest absolute Gasteiger partial charge is 0.426 e. The van der Waals surface area contributed by atoms with Crippen molar-refractivity contribution < 1.29 is 9.53 Å². The molecule has 2 rings (SSSR count). The highest BCUT2D eigenvalue weighted by atomic mass is 16.5. The molecule has 0 bridgehead atoms. The van der Waals surface area contributed by atoms with Crippen molar-refractivity contribution >= 4 is 5.97 Å². The number of carbonyl (C=O) groups excluding carboxylic acids is 1. The van der Waals surface area contributed by atoms with Crippen molar-refractivity contribution in [2.45, 2.75) is 52.9 Å². The maximum Gasteiger partial charge on any atom is 0.311 e. The Morgan fingerprint density at radius 1 is 0.957 bits per heavy atom. The second-order valence-electron chi connectivity index (χ2n) is 7.21. The predicted molar refractivity (Wildman–Crippen MR) is 95.0 cm³/mol. The molecule has 0 aromatic heterocycles. The van der Waals surface area contributed by atoms with Crippen LogP contribution in [0.1, 0.15) is 49.4 Å². The highest BCUT2D eigenvalue weighted by Crippen LogP contribution is 2.32. The third-order valence-electron chi connectivity index (χ3n) is 3.91. The van der Waals surface area contributed by atoms with Crippen molar-refractivity contribution in [2.24, 2.45) is 0 Å². The lowest BCUT2D eigenvalue weighted by molar-refractivity contribution is -0.134. The van der Waals surface area contributed by atoms with Gasteiger partial charge in [0.1, 0.15) is 5.75 Å². The highest BCUT2D eigenvalue weighted by molar-refractivity contribution is 5.73. The lowest BCUT2D eigenvalue weighted by Crippen LogP contribution is -2.17. The lowest BCUT2D eigenvalue weighted by atomic mass is 9.85. The number of benzene rings is 2. The summed E-state index contributed by atoms with van der Waals surface area (Å²) < 4.78 is 5.63. The second-order valence-corrected chi connectivity index (χ2v) is 7.21. The van der Waals surface area contributed by atoms with Crippen LogP contribution < -0.4 is 4.74 Å². The minimum Gasteiger partial charge on any atom is -0.426 e. The summed E-state index contributed by atoms with van der Waals surface area (Å²) in [6.07, 6.45) is 1.09. The van der Waals surface area contributed by atoms with Gasteiger partial charge in [0.2, 0.25) is 0 Å². The fourth-order valence-electron chi connectivity index (χ4n) is 2.49. The molecule has 0 heterocycles. The normalized spacial score (nSPS) is 11.3. The fourth-order valence-corrected chi connectivity index (χ4v) is 2.49. The molecule has 0 atom stereocenters. The van der Waals surface area contributed by atoms with Gasteiger partial charge in [0.05, 0.1) is 0 Å². The third-order valence-corrected chi connectivity index (χ3v) is 3.91. The molecule has 2 aromatic rings. The Hall–Kier alpha value is -2.09. The molecule has 0 radical (unpaired) electrons. The minimum atomic E-state index is -0.181. The van der Waals surface area contributed by atoms with Crippen LogP contribution in [0.2, 0.25) is 0 Å². The van der Waals surface area contributed by atoms with E-state index in [1.165, 1.54) is 11.1 Å². The van der Waals surface area contributed by atoms with E-state index >= 15 is 0 Å². The van der Waals surface area contributed by atoms with Gasteiger partial charge in [-0.15, -0.1) is 0 Å². The average Bonchev–Trinajstić information content (AvgIpc) is 2.47. The topological polar surface area (TPSA) is 26.3 Å². The maximum atomic E-state index is 12.2. The van der Waals surface area contributed by atoms with E-state index < -0.39 is 0 Å². The Kier molecular flexibility index (Phi) is 5.25. The van der Waals surface area contributed by atoms with Crippen LogP contribution in [-0.4, -0.2) is 5.97 Å². The van der Waals surface area contributed by atoms with Gasteiger partial charge in [-0.1, -0.05) is 68.3 Å². The zero-order chi connectivity index (χ0) is 17.0. The number of ether oxygens (including phenoxy) is 1. The van der Waals surface area contributed by atoms with E-state index in [4.69, 9.17) is 4.74 Å². The number of aryl methyl sites for hydroxylation is 3. The van der Waals surface area contributed by atoms with Gasteiger partial charge in [-0.2, -0.15) is 0 Å². The first-order valence-corrected chi connectivity index (χ1v) is 8.13. The van der Waals surface area contributed by atoms with E-state index in [2.05, 4.69) is 65.0 Å². The molecule has 23 heavy (non-hydrogen) atoms. The average molecular weight is 310 g/mol. The Balaban J connectivity index is 2.04. The number of hydrogen-bond acceptors (Lipinski definition) is 2. The third kappa shape index (κ3) is 4.95. The SMILES string of the molecule is Cc1ccc(CCC(=O)Oc2ccc(C)cc2C(C)(C)C)cc1. The van der Waals surface area contributed by atoms with Crippen molar-refractivity contribution in [3.05, 3.63) is 64.7 Å². The van der Waals surface area contributed by atoms with Crippen LogP contribution in [0.15, 0.2) is 42.5 Å². The highest BCUT2D eigenvalue weighted by Gasteiger charge is 2.20. The fraction of sp³-hybridized carbons (Fsp3) is 0.381. The van der Waals surface area contributed by atoms with Gasteiger partial charge >= 0.3 is 5.97 Å². The number of hydrogen-bond donors (Lipinski definition) is 0. The molecule has 122 valence electrons. The van der Waals surface area contributed by atoms with Crippen LogP contribution >= 0.6 is 0 Å². The van der Waals surface area contributed by atoms with Crippen molar-refractivity contribution in [3.8, 4) is 5.75 Å². The maximum absolute atomic E-state index is 12.2. The number of esters is 1. The molecule has 0 aliphatic carbocycles. The van der Waals surface area contributed by atoms with E-state index in [9.17, 15) is 4.79 Å². The van der Waals surface area contributed by atoms with Crippen LogP contribution in [0.5, 0.6) is 5.75 Å². The molecule has 0 spiro atoms. The van der Waals surface area contributed by atoms with Crippen LogP contribution in [0.4, 0.5) is 0 Å². The molecule has 0 amide bonds. The summed E-state index contributed by atoms with van der Waals surface area (Å²) in [6.45, 7) is 10.5. The zero-order valence-electron chi connectivity index (χ0n) is 14.8. The van der Waals surface area contributed by atoms with Gasteiger partial charge in [-0.25, -0.2) is 0 Å². The van der Waals surface area contributed by atoms with Gasteiger partial charge in [-0.3, -0.25) is 4.79 Å². The van der Waals surface area contributed by atoms with E-state index in [1.807, 2.05) is 12.1 Å². The van der Waals surface area contributed by atoms with Crippen molar-refractivity contribution in [1.29, 1.82) is 0 Å². The van der Waals surface area contributed by atoms with Gasteiger partial charge < -0.3 is 4.74 Å². The Labute approximate surface area is 139 Å². The summed E-state index contributed by atoms with van der Waals surface area (Å²) in [7, 11) is 0. The van der Waals surface area contributed by atoms with Gasteiger partial charge in [0.15, 0.2) is 0 Å². The molecule has 0 fully saturated rings. The lowest BCUT2D eigenvalue weighted by Gasteiger charge is -2.22. The van der Waals surface area contributed by atoms with Crippen molar-refractivity contribution in [2.75, 3.05) is 0 Å². The molecule has 2 nitrogen and oxygen atoms in total. The summed E-state index contributed by atoms with van der Waals surface area (Å²) in [5.41, 5.74) is 4.58. The van der Waals surface area contributed by atoms with Crippen LogP contribution in [0, 0.1) is 13.8 Å². The molecule has 0 aliphatic rings. The standard InChI is InChI=1S/C21H26O2/c1-15-6-9-17(10-7-15)11-13-20(22)23-19-12-8-16(2)14-18(19)21(3,4)5/h6-10,12,14H,11,13H2,1-5H3. The molecule has 2 heteroatoms. The number of carbonyl (C=O) groups is 1. The summed E-state index contributed by atoms with van der Waals surface area (Å²) in [6, 6.07) is 14.3. The van der Waals surface area contributed by atoms with Crippen LogP contribution in [-0.2, 0) is 16.6 Å². The van der Waals surface area contributed by atoms with Crippen LogP contribution in [0.3, 0.4) is 0 Å². The van der Waals surface area contributed by atoms with Crippen molar-refractivity contribution in [1.82, 2.24) is 0 Å². The summed E-state index contributed by atoms with van der Waals surface area (Å²) in [5, 5.41) is 0.